The molecule has 2 aromatic heterocycles. The summed E-state index contributed by atoms with van der Waals surface area (Å²) in [6, 6.07) is 8.86. The standard InChI is InChI=1S/C26H29F4N7O/c1-24(2,27)20-12-17(8-9-31-20)35-21-18(22(38)33-14-26(28,29)30)13-32-23(37-21)36-16-5-6-19-15(11-16)7-10-34-25(19,3)4/h5-6,8-9,11-13,34H,7,10,14H2,1-4H3,(H,33,38)(H2,31,32,35,36,37). The largest absolute Gasteiger partial charge is 0.405 e. The Kier molecular flexibility index (Phi) is 7.29. The second kappa shape index (κ2) is 10.2. The molecule has 4 N–H and O–H groups in total. The van der Waals surface area contributed by atoms with Gasteiger partial charge < -0.3 is 21.3 Å². The summed E-state index contributed by atoms with van der Waals surface area (Å²) in [4.78, 5) is 25.1. The number of benzene rings is 1. The van der Waals surface area contributed by atoms with Gasteiger partial charge in [0, 0.05) is 29.3 Å². The lowest BCUT2D eigenvalue weighted by molar-refractivity contribution is -0.123. The number of alkyl halides is 4. The zero-order chi connectivity index (χ0) is 27.7. The maximum absolute atomic E-state index is 14.4. The molecular formula is C26H29F4N7O. The van der Waals surface area contributed by atoms with Gasteiger partial charge in [0.05, 0.1) is 5.69 Å². The van der Waals surface area contributed by atoms with Crippen LogP contribution in [0.1, 0.15) is 54.9 Å². The number of halogens is 4. The number of hydrogen-bond acceptors (Lipinski definition) is 7. The SMILES string of the molecule is CC(C)(F)c1cc(Nc2nc(Nc3ccc4c(c3)CCNC4(C)C)ncc2C(=O)NCC(F)(F)F)ccn1. The molecule has 0 aliphatic carbocycles. The van der Waals surface area contributed by atoms with Crippen LogP contribution in [0.25, 0.3) is 0 Å². The molecule has 202 valence electrons. The smallest absolute Gasteiger partial charge is 0.343 e. The second-order valence-electron chi connectivity index (χ2n) is 10.1. The first-order chi connectivity index (χ1) is 17.7. The molecule has 12 heteroatoms. The van der Waals surface area contributed by atoms with E-state index in [4.69, 9.17) is 0 Å². The lowest BCUT2D eigenvalue weighted by Crippen LogP contribution is -2.42. The molecule has 0 bridgehead atoms. The van der Waals surface area contributed by atoms with Crippen LogP contribution < -0.4 is 21.3 Å². The molecule has 3 heterocycles. The molecule has 8 nitrogen and oxygen atoms in total. The topological polar surface area (TPSA) is 104 Å². The van der Waals surface area contributed by atoms with E-state index in [1.807, 2.05) is 23.5 Å². The van der Waals surface area contributed by atoms with Crippen LogP contribution in [-0.2, 0) is 17.6 Å². The number of pyridine rings is 1. The minimum Gasteiger partial charge on any atom is -0.343 e. The van der Waals surface area contributed by atoms with Crippen LogP contribution in [0.2, 0.25) is 0 Å². The van der Waals surface area contributed by atoms with Crippen LogP contribution in [0.5, 0.6) is 0 Å². The van der Waals surface area contributed by atoms with Crippen molar-refractivity contribution < 1.29 is 22.4 Å². The number of nitrogens with zero attached hydrogens (tertiary/aromatic N) is 3. The van der Waals surface area contributed by atoms with Gasteiger partial charge in [0.2, 0.25) is 5.95 Å². The maximum atomic E-state index is 14.4. The van der Waals surface area contributed by atoms with Gasteiger partial charge in [-0.1, -0.05) is 6.07 Å². The Morgan fingerprint density at radius 2 is 1.79 bits per heavy atom. The van der Waals surface area contributed by atoms with E-state index in [2.05, 4.69) is 44.7 Å². The lowest BCUT2D eigenvalue weighted by atomic mass is 9.85. The van der Waals surface area contributed by atoms with Crippen LogP contribution in [-0.4, -0.2) is 40.1 Å². The van der Waals surface area contributed by atoms with Crippen molar-refractivity contribution in [3.05, 3.63) is 65.1 Å². The molecule has 0 spiro atoms. The molecule has 3 aromatic rings. The van der Waals surface area contributed by atoms with E-state index in [0.717, 1.165) is 19.2 Å². The van der Waals surface area contributed by atoms with Crippen molar-refractivity contribution in [3.8, 4) is 0 Å². The predicted octanol–water partition coefficient (Wildman–Crippen LogP) is 5.24. The van der Waals surface area contributed by atoms with Gasteiger partial charge in [-0.3, -0.25) is 9.78 Å². The zero-order valence-electron chi connectivity index (χ0n) is 21.4. The van der Waals surface area contributed by atoms with E-state index in [-0.39, 0.29) is 28.6 Å². The molecule has 38 heavy (non-hydrogen) atoms. The molecule has 0 fully saturated rings. The number of carbonyl (C=O) groups excluding carboxylic acids is 1. The summed E-state index contributed by atoms with van der Waals surface area (Å²) >= 11 is 0. The summed E-state index contributed by atoms with van der Waals surface area (Å²) in [5.74, 6) is -0.951. The summed E-state index contributed by atoms with van der Waals surface area (Å²) in [7, 11) is 0. The molecular weight excluding hydrogens is 502 g/mol. The highest BCUT2D eigenvalue weighted by molar-refractivity contribution is 5.99. The van der Waals surface area contributed by atoms with E-state index >= 15 is 0 Å². The number of anilines is 4. The number of amides is 1. The Morgan fingerprint density at radius 1 is 1.05 bits per heavy atom. The van der Waals surface area contributed by atoms with E-state index in [1.54, 1.807) is 0 Å². The van der Waals surface area contributed by atoms with Gasteiger partial charge in [-0.2, -0.15) is 18.2 Å². The van der Waals surface area contributed by atoms with Crippen LogP contribution in [0.4, 0.5) is 40.7 Å². The molecule has 0 saturated carbocycles. The van der Waals surface area contributed by atoms with Crippen LogP contribution in [0, 0.1) is 0 Å². The van der Waals surface area contributed by atoms with Gasteiger partial charge in [0.25, 0.3) is 5.91 Å². The van der Waals surface area contributed by atoms with Crippen molar-refractivity contribution in [3.63, 3.8) is 0 Å². The van der Waals surface area contributed by atoms with Crippen molar-refractivity contribution in [1.82, 2.24) is 25.6 Å². The average Bonchev–Trinajstić information content (AvgIpc) is 2.82. The van der Waals surface area contributed by atoms with Crippen molar-refractivity contribution in [1.29, 1.82) is 0 Å². The monoisotopic (exact) mass is 531 g/mol. The van der Waals surface area contributed by atoms with Gasteiger partial charge in [-0.15, -0.1) is 0 Å². The van der Waals surface area contributed by atoms with Crippen molar-refractivity contribution in [2.45, 2.75) is 51.5 Å². The summed E-state index contributed by atoms with van der Waals surface area (Å²) < 4.78 is 52.5. The minimum atomic E-state index is -4.59. The number of carbonyl (C=O) groups is 1. The van der Waals surface area contributed by atoms with E-state index in [9.17, 15) is 22.4 Å². The Hall–Kier alpha value is -3.80. The van der Waals surface area contributed by atoms with Crippen LogP contribution in [0.3, 0.4) is 0 Å². The number of rotatable bonds is 7. The molecule has 1 aliphatic heterocycles. The molecule has 0 saturated heterocycles. The fourth-order valence-electron chi connectivity index (χ4n) is 4.17. The molecule has 0 atom stereocenters. The van der Waals surface area contributed by atoms with Crippen molar-refractivity contribution in [2.24, 2.45) is 0 Å². The highest BCUT2D eigenvalue weighted by atomic mass is 19.4. The third kappa shape index (κ3) is 6.55. The summed E-state index contributed by atoms with van der Waals surface area (Å²) in [5, 5.41) is 11.3. The Labute approximate surface area is 217 Å². The van der Waals surface area contributed by atoms with Crippen LogP contribution in [0.15, 0.2) is 42.7 Å². The third-order valence-corrected chi connectivity index (χ3v) is 6.11. The number of aromatic nitrogens is 3. The van der Waals surface area contributed by atoms with Gasteiger partial charge in [-0.05, 0) is 76.1 Å². The van der Waals surface area contributed by atoms with E-state index in [0.29, 0.717) is 11.4 Å². The van der Waals surface area contributed by atoms with E-state index < -0.39 is 24.3 Å². The molecule has 1 amide bonds. The fraction of sp³-hybridized carbons (Fsp3) is 0.385. The number of nitrogens with one attached hydrogen (secondary N) is 4. The summed E-state index contributed by atoms with van der Waals surface area (Å²) in [6.45, 7) is 6.22. The van der Waals surface area contributed by atoms with Gasteiger partial charge in [-0.25, -0.2) is 9.37 Å². The van der Waals surface area contributed by atoms with Crippen molar-refractivity contribution >= 4 is 29.0 Å². The highest BCUT2D eigenvalue weighted by Gasteiger charge is 2.29. The quantitative estimate of drug-likeness (QED) is 0.309. The molecule has 0 unspecified atom stereocenters. The second-order valence-corrected chi connectivity index (χ2v) is 10.1. The summed E-state index contributed by atoms with van der Waals surface area (Å²) in [6.07, 6.45) is -1.23. The Morgan fingerprint density at radius 3 is 2.50 bits per heavy atom. The predicted molar refractivity (Wildman–Crippen MR) is 137 cm³/mol. The minimum absolute atomic E-state index is 0.0562. The summed E-state index contributed by atoms with van der Waals surface area (Å²) in [5.41, 5.74) is 1.42. The number of fused-ring (bicyclic) bond motifs is 1. The van der Waals surface area contributed by atoms with Gasteiger partial charge in [0.15, 0.2) is 0 Å². The van der Waals surface area contributed by atoms with E-state index in [1.165, 1.54) is 43.3 Å². The number of hydrogen-bond donors (Lipinski definition) is 4. The third-order valence-electron chi connectivity index (χ3n) is 6.11. The highest BCUT2D eigenvalue weighted by Crippen LogP contribution is 2.31. The zero-order valence-corrected chi connectivity index (χ0v) is 21.4. The first kappa shape index (κ1) is 27.2. The molecule has 1 aliphatic rings. The van der Waals surface area contributed by atoms with Gasteiger partial charge in [0.1, 0.15) is 23.6 Å². The first-order valence-corrected chi connectivity index (χ1v) is 12.0. The lowest BCUT2D eigenvalue weighted by Gasteiger charge is -2.34. The maximum Gasteiger partial charge on any atom is 0.405 e. The fourth-order valence-corrected chi connectivity index (χ4v) is 4.17. The first-order valence-electron chi connectivity index (χ1n) is 12.0. The average molecular weight is 532 g/mol. The van der Waals surface area contributed by atoms with Crippen molar-refractivity contribution in [2.75, 3.05) is 23.7 Å². The van der Waals surface area contributed by atoms with Gasteiger partial charge >= 0.3 is 6.18 Å². The normalized spacial score (nSPS) is 14.9. The Balaban J connectivity index is 1.65. The van der Waals surface area contributed by atoms with Crippen LogP contribution >= 0.6 is 0 Å². The Bertz CT molecular complexity index is 1340. The molecule has 0 radical (unpaired) electrons. The molecule has 4 rings (SSSR count). The molecule has 1 aromatic carbocycles.